The maximum atomic E-state index is 11.7. The van der Waals surface area contributed by atoms with E-state index in [1.807, 2.05) is 30.3 Å². The van der Waals surface area contributed by atoms with E-state index in [1.54, 1.807) is 0 Å². The predicted molar refractivity (Wildman–Crippen MR) is 61.1 cm³/mol. The van der Waals surface area contributed by atoms with Gasteiger partial charge >= 0.3 is 0 Å². The van der Waals surface area contributed by atoms with Crippen LogP contribution in [0.4, 0.5) is 0 Å². The summed E-state index contributed by atoms with van der Waals surface area (Å²) in [6.07, 6.45) is 1.16. The third-order valence-electron chi connectivity index (χ3n) is 2.74. The summed E-state index contributed by atoms with van der Waals surface area (Å²) in [5, 5.41) is 2.28. The number of carbonyl (C=O) groups is 2. The second-order valence-electron chi connectivity index (χ2n) is 4.00. The quantitative estimate of drug-likeness (QED) is 0.628. The maximum absolute atomic E-state index is 11.7. The highest BCUT2D eigenvalue weighted by atomic mass is 35.5. The first kappa shape index (κ1) is 11.1. The number of imide groups is 1. The molecule has 3 nitrogen and oxygen atoms in total. The van der Waals surface area contributed by atoms with Gasteiger partial charge in [-0.3, -0.25) is 14.9 Å². The highest BCUT2D eigenvalue weighted by molar-refractivity contribution is 6.36. The van der Waals surface area contributed by atoms with Gasteiger partial charge in [-0.25, -0.2) is 0 Å². The summed E-state index contributed by atoms with van der Waals surface area (Å²) in [7, 11) is 0. The molecule has 1 fully saturated rings. The summed E-state index contributed by atoms with van der Waals surface area (Å²) in [4.78, 5) is 21.7. The van der Waals surface area contributed by atoms with Crippen LogP contribution >= 0.6 is 11.6 Å². The minimum absolute atomic E-state index is 0.241. The van der Waals surface area contributed by atoms with E-state index in [1.165, 1.54) is 0 Å². The molecule has 0 aromatic heterocycles. The minimum atomic E-state index is -0.977. The van der Waals surface area contributed by atoms with Crippen molar-refractivity contribution in [3.05, 3.63) is 35.9 Å². The lowest BCUT2D eigenvalue weighted by Gasteiger charge is -2.29. The largest absolute Gasteiger partial charge is 0.295 e. The average Bonchev–Trinajstić information content (AvgIpc) is 2.26. The van der Waals surface area contributed by atoms with Crippen molar-refractivity contribution in [1.82, 2.24) is 5.32 Å². The molecular formula is C12H12ClNO2. The van der Waals surface area contributed by atoms with Gasteiger partial charge in [-0.15, -0.1) is 11.6 Å². The van der Waals surface area contributed by atoms with E-state index in [9.17, 15) is 9.59 Å². The summed E-state index contributed by atoms with van der Waals surface area (Å²) in [6.45, 7) is 0. The van der Waals surface area contributed by atoms with Crippen molar-refractivity contribution in [2.24, 2.45) is 0 Å². The number of benzene rings is 1. The van der Waals surface area contributed by atoms with Crippen LogP contribution in [-0.2, 0) is 16.0 Å². The number of hydrogen-bond donors (Lipinski definition) is 1. The number of halogens is 1. The third kappa shape index (κ3) is 2.25. The Morgan fingerprint density at radius 2 is 1.94 bits per heavy atom. The fraction of sp³-hybridized carbons (Fsp3) is 0.333. The van der Waals surface area contributed by atoms with Gasteiger partial charge in [0.2, 0.25) is 11.8 Å². The summed E-state index contributed by atoms with van der Waals surface area (Å²) < 4.78 is 0. The van der Waals surface area contributed by atoms with Crippen LogP contribution in [-0.4, -0.2) is 16.7 Å². The molecule has 1 heterocycles. The molecule has 2 amide bonds. The molecule has 1 aliphatic rings. The van der Waals surface area contributed by atoms with Crippen molar-refractivity contribution in [2.75, 3.05) is 0 Å². The van der Waals surface area contributed by atoms with Crippen molar-refractivity contribution < 1.29 is 9.59 Å². The lowest BCUT2D eigenvalue weighted by molar-refractivity contribution is -0.135. The molecule has 0 radical (unpaired) electrons. The summed E-state index contributed by atoms with van der Waals surface area (Å²) in [5.74, 6) is -0.622. The predicted octanol–water partition coefficient (Wildman–Crippen LogP) is 1.64. The number of nitrogens with one attached hydrogen (secondary N) is 1. The second-order valence-corrected chi connectivity index (χ2v) is 4.73. The molecule has 1 aromatic rings. The zero-order chi connectivity index (χ0) is 11.6. The fourth-order valence-corrected chi connectivity index (χ4v) is 2.11. The SMILES string of the molecule is O=C1CCC(Cl)(Cc2ccccc2)C(=O)N1. The Morgan fingerprint density at radius 1 is 1.25 bits per heavy atom. The molecule has 0 bridgehead atoms. The van der Waals surface area contributed by atoms with E-state index in [-0.39, 0.29) is 11.8 Å². The molecule has 2 rings (SSSR count). The Bertz CT molecular complexity index is 418. The molecule has 1 aromatic carbocycles. The van der Waals surface area contributed by atoms with Crippen LogP contribution in [0.1, 0.15) is 18.4 Å². The van der Waals surface area contributed by atoms with Gasteiger partial charge in [-0.2, -0.15) is 0 Å². The smallest absolute Gasteiger partial charge is 0.248 e. The highest BCUT2D eigenvalue weighted by Crippen LogP contribution is 2.29. The summed E-state index contributed by atoms with van der Waals surface area (Å²) >= 11 is 6.26. The van der Waals surface area contributed by atoms with Crippen LogP contribution in [0, 0.1) is 0 Å². The average molecular weight is 238 g/mol. The first-order chi connectivity index (χ1) is 7.60. The van der Waals surface area contributed by atoms with E-state index in [4.69, 9.17) is 11.6 Å². The Morgan fingerprint density at radius 3 is 2.56 bits per heavy atom. The van der Waals surface area contributed by atoms with Gasteiger partial charge in [0, 0.05) is 12.8 Å². The van der Waals surface area contributed by atoms with Crippen LogP contribution < -0.4 is 5.32 Å². The van der Waals surface area contributed by atoms with Crippen molar-refractivity contribution in [1.29, 1.82) is 0 Å². The molecule has 1 unspecified atom stereocenters. The van der Waals surface area contributed by atoms with Gasteiger partial charge in [-0.1, -0.05) is 30.3 Å². The van der Waals surface area contributed by atoms with E-state index >= 15 is 0 Å². The highest BCUT2D eigenvalue weighted by Gasteiger charge is 2.40. The van der Waals surface area contributed by atoms with Crippen molar-refractivity contribution in [2.45, 2.75) is 24.1 Å². The number of alkyl halides is 1. The minimum Gasteiger partial charge on any atom is -0.295 e. The van der Waals surface area contributed by atoms with Crippen LogP contribution in [0.25, 0.3) is 0 Å². The topological polar surface area (TPSA) is 46.2 Å². The lowest BCUT2D eigenvalue weighted by atomic mass is 9.90. The number of amides is 2. The number of hydrogen-bond acceptors (Lipinski definition) is 2. The van der Waals surface area contributed by atoms with Crippen LogP contribution in [0.15, 0.2) is 30.3 Å². The van der Waals surface area contributed by atoms with Crippen LogP contribution in [0.2, 0.25) is 0 Å². The monoisotopic (exact) mass is 237 g/mol. The van der Waals surface area contributed by atoms with Crippen molar-refractivity contribution in [3.63, 3.8) is 0 Å². The molecule has 84 valence electrons. The fourth-order valence-electron chi connectivity index (χ4n) is 1.81. The molecule has 16 heavy (non-hydrogen) atoms. The summed E-state index contributed by atoms with van der Waals surface area (Å²) in [6, 6.07) is 9.57. The van der Waals surface area contributed by atoms with Gasteiger partial charge < -0.3 is 0 Å². The van der Waals surface area contributed by atoms with Gasteiger partial charge in [0.05, 0.1) is 0 Å². The molecule has 1 saturated heterocycles. The normalized spacial score (nSPS) is 25.3. The van der Waals surface area contributed by atoms with Gasteiger partial charge in [0.1, 0.15) is 4.87 Å². The first-order valence-corrected chi connectivity index (χ1v) is 5.55. The molecule has 1 aliphatic heterocycles. The molecule has 1 N–H and O–H groups in total. The van der Waals surface area contributed by atoms with Crippen LogP contribution in [0.3, 0.4) is 0 Å². The van der Waals surface area contributed by atoms with Crippen molar-refractivity contribution >= 4 is 23.4 Å². The van der Waals surface area contributed by atoms with Gasteiger partial charge in [-0.05, 0) is 12.0 Å². The zero-order valence-corrected chi connectivity index (χ0v) is 9.46. The molecule has 0 spiro atoms. The van der Waals surface area contributed by atoms with E-state index in [2.05, 4.69) is 5.32 Å². The third-order valence-corrected chi connectivity index (χ3v) is 3.23. The number of carbonyl (C=O) groups excluding carboxylic acids is 2. The standard InChI is InChI=1S/C12H12ClNO2/c13-12(7-6-10(15)14-11(12)16)8-9-4-2-1-3-5-9/h1-5H,6-8H2,(H,14,15,16). The Balaban J connectivity index is 2.14. The van der Waals surface area contributed by atoms with E-state index in [0.717, 1.165) is 5.56 Å². The number of piperidine rings is 1. The Hall–Kier alpha value is -1.35. The zero-order valence-electron chi connectivity index (χ0n) is 8.70. The molecule has 1 atom stereocenters. The Kier molecular flexibility index (Phi) is 2.97. The molecular weight excluding hydrogens is 226 g/mol. The second kappa shape index (κ2) is 4.26. The van der Waals surface area contributed by atoms with E-state index in [0.29, 0.717) is 19.3 Å². The maximum Gasteiger partial charge on any atom is 0.248 e. The van der Waals surface area contributed by atoms with E-state index < -0.39 is 4.87 Å². The molecule has 4 heteroatoms. The van der Waals surface area contributed by atoms with Crippen molar-refractivity contribution in [3.8, 4) is 0 Å². The van der Waals surface area contributed by atoms with Gasteiger partial charge in [0.15, 0.2) is 0 Å². The molecule has 0 saturated carbocycles. The summed E-state index contributed by atoms with van der Waals surface area (Å²) in [5.41, 5.74) is 1.00. The first-order valence-electron chi connectivity index (χ1n) is 5.17. The number of rotatable bonds is 2. The van der Waals surface area contributed by atoms with Crippen LogP contribution in [0.5, 0.6) is 0 Å². The van der Waals surface area contributed by atoms with Gasteiger partial charge in [0.25, 0.3) is 0 Å². The Labute approximate surface area is 98.8 Å². The molecule has 0 aliphatic carbocycles. The lowest BCUT2D eigenvalue weighted by Crippen LogP contribution is -2.51.